The van der Waals surface area contributed by atoms with Gasteiger partial charge in [0.15, 0.2) is 23.0 Å². The van der Waals surface area contributed by atoms with E-state index in [1.54, 1.807) is 0 Å². The fourth-order valence-corrected chi connectivity index (χ4v) is 5.37. The molecule has 0 radical (unpaired) electrons. The third kappa shape index (κ3) is 3.55. The van der Waals surface area contributed by atoms with Gasteiger partial charge in [-0.25, -0.2) is 0 Å². The van der Waals surface area contributed by atoms with Crippen LogP contribution in [0.5, 0.6) is 28.7 Å². The smallest absolute Gasteiger partial charge is 0.231 e. The van der Waals surface area contributed by atoms with Gasteiger partial charge in [0.1, 0.15) is 11.9 Å². The van der Waals surface area contributed by atoms with Gasteiger partial charge in [-0.3, -0.25) is 4.90 Å². The van der Waals surface area contributed by atoms with E-state index in [0.717, 1.165) is 55.5 Å². The molecule has 1 N–H and O–H groups in total. The molecule has 2 aromatic rings. The third-order valence-corrected chi connectivity index (χ3v) is 7.02. The van der Waals surface area contributed by atoms with Crippen molar-refractivity contribution in [2.75, 3.05) is 26.7 Å². The number of nitrogens with zero attached hydrogens (tertiary/aromatic N) is 1. The zero-order valence-electron chi connectivity index (χ0n) is 17.6. The molecule has 7 nitrogen and oxygen atoms in total. The number of ether oxygens (including phenoxy) is 5. The maximum atomic E-state index is 10.8. The highest BCUT2D eigenvalue weighted by Crippen LogP contribution is 2.41. The molecule has 4 atom stereocenters. The molecule has 6 rings (SSSR count). The Morgan fingerprint density at radius 1 is 0.903 bits per heavy atom. The van der Waals surface area contributed by atoms with Crippen molar-refractivity contribution in [2.24, 2.45) is 11.8 Å². The van der Waals surface area contributed by atoms with Gasteiger partial charge in [-0.15, -0.1) is 0 Å². The molecule has 0 bridgehead atoms. The van der Waals surface area contributed by atoms with Crippen LogP contribution in [-0.2, 0) is 6.54 Å². The van der Waals surface area contributed by atoms with Crippen LogP contribution in [-0.4, -0.2) is 48.9 Å². The molecule has 0 amide bonds. The van der Waals surface area contributed by atoms with Gasteiger partial charge in [0.25, 0.3) is 0 Å². The quantitative estimate of drug-likeness (QED) is 0.807. The van der Waals surface area contributed by atoms with Gasteiger partial charge in [-0.2, -0.15) is 0 Å². The predicted molar refractivity (Wildman–Crippen MR) is 112 cm³/mol. The van der Waals surface area contributed by atoms with Crippen LogP contribution in [0, 0.1) is 18.8 Å². The van der Waals surface area contributed by atoms with Crippen LogP contribution >= 0.6 is 0 Å². The predicted octanol–water partition coefficient (Wildman–Crippen LogP) is 3.10. The lowest BCUT2D eigenvalue weighted by molar-refractivity contribution is -0.0232. The van der Waals surface area contributed by atoms with Crippen LogP contribution in [0.4, 0.5) is 0 Å². The van der Waals surface area contributed by atoms with Gasteiger partial charge in [0.2, 0.25) is 13.6 Å². The molecule has 2 aromatic carbocycles. The number of rotatable bonds is 4. The molecule has 0 spiro atoms. The summed E-state index contributed by atoms with van der Waals surface area (Å²) in [6, 6.07) is 9.78. The Balaban J connectivity index is 1.11. The minimum atomic E-state index is -0.459. The summed E-state index contributed by atoms with van der Waals surface area (Å²) in [4.78, 5) is 2.50. The van der Waals surface area contributed by atoms with Crippen molar-refractivity contribution >= 4 is 0 Å². The molecule has 1 saturated carbocycles. The van der Waals surface area contributed by atoms with E-state index in [1.165, 1.54) is 11.1 Å². The Labute approximate surface area is 181 Å². The number of hydrogen-bond donors (Lipinski definition) is 1. The number of fused-ring (bicyclic) bond motifs is 3. The van der Waals surface area contributed by atoms with E-state index in [0.29, 0.717) is 24.4 Å². The Morgan fingerprint density at radius 2 is 1.58 bits per heavy atom. The summed E-state index contributed by atoms with van der Waals surface area (Å²) >= 11 is 0. The minimum absolute atomic E-state index is 0.200. The van der Waals surface area contributed by atoms with Gasteiger partial charge in [0.05, 0.1) is 6.10 Å². The highest BCUT2D eigenvalue weighted by Gasteiger charge is 2.42. The maximum Gasteiger partial charge on any atom is 0.231 e. The second-order valence-electron chi connectivity index (χ2n) is 9.06. The normalized spacial score (nSPS) is 28.6. The number of hydrogen-bond acceptors (Lipinski definition) is 7. The van der Waals surface area contributed by atoms with Crippen LogP contribution in [0.15, 0.2) is 30.3 Å². The van der Waals surface area contributed by atoms with Crippen molar-refractivity contribution in [2.45, 2.75) is 38.5 Å². The van der Waals surface area contributed by atoms with Gasteiger partial charge < -0.3 is 28.8 Å². The SMILES string of the molecule is Cc1cc2c(cc1CN1C[C@H]3C[C@@H](Oc4ccc5c(c4)OCO5)[C@H](O)C[C@H]3C1)OCO2. The number of aryl methyl sites for hydroxylation is 1. The van der Waals surface area contributed by atoms with Crippen molar-refractivity contribution < 1.29 is 28.8 Å². The fourth-order valence-electron chi connectivity index (χ4n) is 5.37. The molecular formula is C24H27NO6. The van der Waals surface area contributed by atoms with E-state index in [4.69, 9.17) is 23.7 Å². The van der Waals surface area contributed by atoms with E-state index in [1.807, 2.05) is 18.2 Å². The summed E-state index contributed by atoms with van der Waals surface area (Å²) < 4.78 is 28.0. The first-order valence-corrected chi connectivity index (χ1v) is 11.0. The Hall–Kier alpha value is -2.64. The van der Waals surface area contributed by atoms with Gasteiger partial charge >= 0.3 is 0 Å². The third-order valence-electron chi connectivity index (χ3n) is 7.02. The maximum absolute atomic E-state index is 10.8. The second kappa shape index (κ2) is 7.50. The molecular weight excluding hydrogens is 398 g/mol. The Morgan fingerprint density at radius 3 is 2.39 bits per heavy atom. The molecule has 0 aromatic heterocycles. The monoisotopic (exact) mass is 425 g/mol. The zero-order valence-corrected chi connectivity index (χ0v) is 17.6. The molecule has 4 aliphatic rings. The van der Waals surface area contributed by atoms with E-state index in [9.17, 15) is 5.11 Å². The van der Waals surface area contributed by atoms with Crippen LogP contribution in [0.1, 0.15) is 24.0 Å². The van der Waals surface area contributed by atoms with E-state index in [2.05, 4.69) is 24.0 Å². The van der Waals surface area contributed by atoms with Crippen LogP contribution in [0.25, 0.3) is 0 Å². The molecule has 3 heterocycles. The van der Waals surface area contributed by atoms with Crippen molar-refractivity contribution in [1.82, 2.24) is 4.90 Å². The number of aliphatic hydroxyl groups excluding tert-OH is 1. The van der Waals surface area contributed by atoms with Crippen LogP contribution in [0.3, 0.4) is 0 Å². The first-order chi connectivity index (χ1) is 15.1. The summed E-state index contributed by atoms with van der Waals surface area (Å²) in [7, 11) is 0. The average Bonchev–Trinajstić information content (AvgIpc) is 3.47. The lowest BCUT2D eigenvalue weighted by Crippen LogP contribution is -2.42. The summed E-state index contributed by atoms with van der Waals surface area (Å²) in [5, 5.41) is 10.8. The van der Waals surface area contributed by atoms with Crippen molar-refractivity contribution in [3.8, 4) is 28.7 Å². The minimum Gasteiger partial charge on any atom is -0.488 e. The average molecular weight is 425 g/mol. The number of benzene rings is 2. The highest BCUT2D eigenvalue weighted by atomic mass is 16.7. The lowest BCUT2D eigenvalue weighted by atomic mass is 9.78. The van der Waals surface area contributed by atoms with Crippen LogP contribution < -0.4 is 23.7 Å². The van der Waals surface area contributed by atoms with Gasteiger partial charge in [0, 0.05) is 25.7 Å². The summed E-state index contributed by atoms with van der Waals surface area (Å²) in [5.41, 5.74) is 2.50. The fraction of sp³-hybridized carbons (Fsp3) is 0.500. The van der Waals surface area contributed by atoms with Crippen molar-refractivity contribution in [3.63, 3.8) is 0 Å². The first kappa shape index (κ1) is 19.1. The molecule has 3 aliphatic heterocycles. The molecule has 31 heavy (non-hydrogen) atoms. The molecule has 0 unspecified atom stereocenters. The highest BCUT2D eigenvalue weighted by molar-refractivity contribution is 5.48. The molecule has 1 saturated heterocycles. The van der Waals surface area contributed by atoms with E-state index in [-0.39, 0.29) is 12.9 Å². The molecule has 164 valence electrons. The zero-order chi connectivity index (χ0) is 20.9. The van der Waals surface area contributed by atoms with Gasteiger partial charge in [-0.1, -0.05) is 0 Å². The molecule has 1 aliphatic carbocycles. The van der Waals surface area contributed by atoms with E-state index >= 15 is 0 Å². The van der Waals surface area contributed by atoms with Crippen molar-refractivity contribution in [1.29, 1.82) is 0 Å². The molecule has 7 heteroatoms. The molecule has 2 fully saturated rings. The van der Waals surface area contributed by atoms with Crippen molar-refractivity contribution in [3.05, 3.63) is 41.5 Å². The lowest BCUT2D eigenvalue weighted by Gasteiger charge is -2.35. The summed E-state index contributed by atoms with van der Waals surface area (Å²) in [5.74, 6) is 4.86. The second-order valence-corrected chi connectivity index (χ2v) is 9.06. The largest absolute Gasteiger partial charge is 0.488 e. The first-order valence-electron chi connectivity index (χ1n) is 11.0. The summed E-state index contributed by atoms with van der Waals surface area (Å²) in [6.45, 7) is 5.58. The van der Waals surface area contributed by atoms with E-state index < -0.39 is 6.10 Å². The van der Waals surface area contributed by atoms with Crippen LogP contribution in [0.2, 0.25) is 0 Å². The topological polar surface area (TPSA) is 69.6 Å². The number of likely N-dealkylation sites (tertiary alicyclic amines) is 1. The number of aliphatic hydroxyl groups is 1. The van der Waals surface area contributed by atoms with Gasteiger partial charge in [-0.05, 0) is 67.0 Å². The Kier molecular flexibility index (Phi) is 4.61. The Bertz CT molecular complexity index is 994. The summed E-state index contributed by atoms with van der Waals surface area (Å²) in [6.07, 6.45) is 0.973. The standard InChI is InChI=1S/C24H27NO6/c1-14-4-22-23(29-13-28-22)6-15(14)9-25-10-16-5-19(26)21(7-17(16)11-25)31-18-2-3-20-24(8-18)30-12-27-20/h2-4,6,8,16-17,19,21,26H,5,7,9-13H2,1H3/t16-,17+,19+,21+/m0/s1.